The van der Waals surface area contributed by atoms with Crippen LogP contribution in [0, 0.1) is 13.8 Å². The zero-order valence-corrected chi connectivity index (χ0v) is 23.2. The molecule has 3 aromatic carbocycles. The second kappa shape index (κ2) is 12.1. The zero-order valence-electron chi connectivity index (χ0n) is 21.6. The van der Waals surface area contributed by atoms with Crippen molar-refractivity contribution in [3.8, 4) is 17.2 Å². The molecule has 4 rings (SSSR count). The molecule has 7 nitrogen and oxygen atoms in total. The van der Waals surface area contributed by atoms with Gasteiger partial charge in [-0.1, -0.05) is 36.1 Å². The minimum atomic E-state index is -0.274. The lowest BCUT2D eigenvalue weighted by Crippen LogP contribution is -2.27. The molecule has 2 amide bonds. The van der Waals surface area contributed by atoms with Crippen molar-refractivity contribution >= 4 is 57.6 Å². The Bertz CT molecular complexity index is 1380. The van der Waals surface area contributed by atoms with Crippen LogP contribution >= 0.6 is 24.0 Å². The van der Waals surface area contributed by atoms with Gasteiger partial charge in [0.2, 0.25) is 0 Å². The molecule has 1 aliphatic rings. The first kappa shape index (κ1) is 27.2. The number of anilines is 2. The predicted molar refractivity (Wildman–Crippen MR) is 156 cm³/mol. The lowest BCUT2D eigenvalue weighted by atomic mass is 10.1. The highest BCUT2D eigenvalue weighted by molar-refractivity contribution is 8.27. The number of aryl methyl sites for hydroxylation is 2. The van der Waals surface area contributed by atoms with E-state index in [1.807, 2.05) is 39.0 Å². The smallest absolute Gasteiger partial charge is 0.270 e. The summed E-state index contributed by atoms with van der Waals surface area (Å²) in [5, 5.41) is 2.86. The molecule has 0 radical (unpaired) electrons. The van der Waals surface area contributed by atoms with Gasteiger partial charge in [0.15, 0.2) is 22.4 Å². The molecule has 1 fully saturated rings. The van der Waals surface area contributed by atoms with Crippen molar-refractivity contribution < 1.29 is 23.8 Å². The average molecular weight is 549 g/mol. The summed E-state index contributed by atoms with van der Waals surface area (Å²) < 4.78 is 17.2. The fraction of sp³-hybridized carbons (Fsp3) is 0.207. The Hall–Kier alpha value is -3.82. The number of methoxy groups -OCH3 is 1. The average Bonchev–Trinajstić information content (AvgIpc) is 3.15. The summed E-state index contributed by atoms with van der Waals surface area (Å²) in [6.45, 7) is 6.06. The van der Waals surface area contributed by atoms with Gasteiger partial charge in [0.25, 0.3) is 11.8 Å². The van der Waals surface area contributed by atoms with Gasteiger partial charge in [-0.2, -0.15) is 0 Å². The lowest BCUT2D eigenvalue weighted by Gasteiger charge is -2.15. The molecule has 196 valence electrons. The van der Waals surface area contributed by atoms with Crippen molar-refractivity contribution in [3.63, 3.8) is 0 Å². The number of carbonyl (C=O) groups is 2. The van der Waals surface area contributed by atoms with Crippen LogP contribution in [-0.2, 0) is 9.59 Å². The van der Waals surface area contributed by atoms with Crippen LogP contribution < -0.4 is 24.4 Å². The molecule has 0 aliphatic carbocycles. The number of hydrogen-bond donors (Lipinski definition) is 1. The predicted octanol–water partition coefficient (Wildman–Crippen LogP) is 6.13. The minimum absolute atomic E-state index is 0.174. The molecule has 0 saturated carbocycles. The maximum absolute atomic E-state index is 13.1. The molecular formula is C29H28N2O5S2. The van der Waals surface area contributed by atoms with Gasteiger partial charge in [-0.05, 0) is 92.1 Å². The maximum atomic E-state index is 13.1. The van der Waals surface area contributed by atoms with Crippen LogP contribution in [-0.4, -0.2) is 36.5 Å². The number of benzene rings is 3. The summed E-state index contributed by atoms with van der Waals surface area (Å²) in [6, 6.07) is 18.3. The molecule has 9 heteroatoms. The number of nitrogens with zero attached hydrogens (tertiary/aromatic N) is 1. The monoisotopic (exact) mass is 548 g/mol. The number of thiocarbonyl (C=S) groups is 1. The summed E-state index contributed by atoms with van der Waals surface area (Å²) in [4.78, 5) is 27.6. The van der Waals surface area contributed by atoms with Gasteiger partial charge in [-0.15, -0.1) is 0 Å². The van der Waals surface area contributed by atoms with E-state index in [1.165, 1.54) is 16.7 Å². The highest BCUT2D eigenvalue weighted by Gasteiger charge is 2.33. The van der Waals surface area contributed by atoms with Gasteiger partial charge in [0, 0.05) is 5.69 Å². The summed E-state index contributed by atoms with van der Waals surface area (Å²) in [7, 11) is 1.59. The minimum Gasteiger partial charge on any atom is -0.497 e. The van der Waals surface area contributed by atoms with Crippen molar-refractivity contribution in [1.82, 2.24) is 0 Å². The number of nitrogens with one attached hydrogen (secondary N) is 1. The number of thioether (sulfide) groups is 1. The van der Waals surface area contributed by atoms with Crippen LogP contribution in [0.15, 0.2) is 65.6 Å². The van der Waals surface area contributed by atoms with Crippen LogP contribution in [0.25, 0.3) is 6.08 Å². The Morgan fingerprint density at radius 2 is 1.71 bits per heavy atom. The second-order valence-corrected chi connectivity index (χ2v) is 10.2. The number of hydrogen-bond acceptors (Lipinski definition) is 7. The SMILES string of the molecule is CCOc1cc(/C=C2\SC(=S)N(c3ccc(OC)cc3)C2=O)ccc1OCC(=O)Nc1cc(C)cc(C)c1. The van der Waals surface area contributed by atoms with Gasteiger partial charge >= 0.3 is 0 Å². The fourth-order valence-electron chi connectivity index (χ4n) is 3.96. The fourth-order valence-corrected chi connectivity index (χ4v) is 5.26. The van der Waals surface area contributed by atoms with Gasteiger partial charge in [-0.3, -0.25) is 14.5 Å². The molecule has 38 heavy (non-hydrogen) atoms. The molecule has 0 bridgehead atoms. The van der Waals surface area contributed by atoms with E-state index in [0.29, 0.717) is 38.8 Å². The molecule has 1 saturated heterocycles. The van der Waals surface area contributed by atoms with Gasteiger partial charge in [0.1, 0.15) is 5.75 Å². The molecule has 0 aromatic heterocycles. The first-order valence-corrected chi connectivity index (χ1v) is 13.2. The second-order valence-electron chi connectivity index (χ2n) is 8.57. The topological polar surface area (TPSA) is 77.1 Å². The van der Waals surface area contributed by atoms with Crippen molar-refractivity contribution in [3.05, 3.63) is 82.3 Å². The van der Waals surface area contributed by atoms with E-state index in [0.717, 1.165) is 22.4 Å². The third-order valence-electron chi connectivity index (χ3n) is 5.55. The van der Waals surface area contributed by atoms with E-state index in [2.05, 4.69) is 5.32 Å². The van der Waals surface area contributed by atoms with Crippen LogP contribution in [0.2, 0.25) is 0 Å². The summed E-state index contributed by atoms with van der Waals surface area (Å²) in [5.41, 5.74) is 4.28. The Morgan fingerprint density at radius 3 is 2.37 bits per heavy atom. The number of carbonyl (C=O) groups excluding carboxylic acids is 2. The molecule has 3 aromatic rings. The van der Waals surface area contributed by atoms with Gasteiger partial charge in [-0.25, -0.2) is 0 Å². The third-order valence-corrected chi connectivity index (χ3v) is 6.86. The number of rotatable bonds is 9. The third kappa shape index (κ3) is 6.54. The lowest BCUT2D eigenvalue weighted by molar-refractivity contribution is -0.118. The van der Waals surface area contributed by atoms with Crippen LogP contribution in [0.3, 0.4) is 0 Å². The van der Waals surface area contributed by atoms with Crippen molar-refractivity contribution in [1.29, 1.82) is 0 Å². The molecule has 0 unspecified atom stereocenters. The van der Waals surface area contributed by atoms with Crippen LogP contribution in [0.1, 0.15) is 23.6 Å². The van der Waals surface area contributed by atoms with E-state index >= 15 is 0 Å². The van der Waals surface area contributed by atoms with Crippen molar-refractivity contribution in [2.45, 2.75) is 20.8 Å². The molecule has 1 aliphatic heterocycles. The highest BCUT2D eigenvalue weighted by atomic mass is 32.2. The summed E-state index contributed by atoms with van der Waals surface area (Å²) in [5.74, 6) is 1.13. The first-order chi connectivity index (χ1) is 18.3. The number of amides is 2. The van der Waals surface area contributed by atoms with E-state index in [4.69, 9.17) is 26.4 Å². The summed E-state index contributed by atoms with van der Waals surface area (Å²) in [6.07, 6.45) is 1.77. The Morgan fingerprint density at radius 1 is 1.00 bits per heavy atom. The molecular weight excluding hydrogens is 520 g/mol. The maximum Gasteiger partial charge on any atom is 0.270 e. The Labute approximate surface area is 231 Å². The van der Waals surface area contributed by atoms with Crippen molar-refractivity contribution in [2.24, 2.45) is 0 Å². The molecule has 1 N–H and O–H groups in total. The highest BCUT2D eigenvalue weighted by Crippen LogP contribution is 2.37. The van der Waals surface area contributed by atoms with Crippen LogP contribution in [0.5, 0.6) is 17.2 Å². The zero-order chi connectivity index (χ0) is 27.2. The van der Waals surface area contributed by atoms with E-state index < -0.39 is 0 Å². The van der Waals surface area contributed by atoms with Gasteiger partial charge in [0.05, 0.1) is 24.3 Å². The normalized spacial score (nSPS) is 14.1. The Kier molecular flexibility index (Phi) is 8.70. The van der Waals surface area contributed by atoms with E-state index in [1.54, 1.807) is 55.7 Å². The van der Waals surface area contributed by atoms with E-state index in [-0.39, 0.29) is 18.4 Å². The first-order valence-electron chi connectivity index (χ1n) is 12.0. The van der Waals surface area contributed by atoms with E-state index in [9.17, 15) is 9.59 Å². The summed E-state index contributed by atoms with van der Waals surface area (Å²) >= 11 is 6.71. The molecule has 0 spiro atoms. The quantitative estimate of drug-likeness (QED) is 0.254. The van der Waals surface area contributed by atoms with Gasteiger partial charge < -0.3 is 19.5 Å². The largest absolute Gasteiger partial charge is 0.497 e. The molecule has 1 heterocycles. The van der Waals surface area contributed by atoms with Crippen LogP contribution in [0.4, 0.5) is 11.4 Å². The Balaban J connectivity index is 1.47. The number of ether oxygens (including phenoxy) is 3. The van der Waals surface area contributed by atoms with Crippen molar-refractivity contribution in [2.75, 3.05) is 30.5 Å². The molecule has 0 atom stereocenters. The standard InChI is InChI=1S/C29H28N2O5S2/c1-5-35-25-15-20(6-11-24(25)36-17-27(32)30-21-13-18(2)12-19(3)14-21)16-26-28(33)31(29(37)38-26)22-7-9-23(34-4)10-8-22/h6-16H,5,17H2,1-4H3,(H,30,32)/b26-16-.